The van der Waals surface area contributed by atoms with Crippen molar-refractivity contribution in [2.24, 2.45) is 0 Å². The molecule has 23 heavy (non-hydrogen) atoms. The van der Waals surface area contributed by atoms with E-state index < -0.39 is 18.5 Å². The average molecular weight is 373 g/mol. The highest BCUT2D eigenvalue weighted by Crippen LogP contribution is 2.25. The summed E-state index contributed by atoms with van der Waals surface area (Å²) in [6, 6.07) is 9.68. The zero-order valence-electron chi connectivity index (χ0n) is 12.0. The molecule has 0 spiro atoms. The van der Waals surface area contributed by atoms with Gasteiger partial charge in [0.25, 0.3) is 5.91 Å². The van der Waals surface area contributed by atoms with Crippen LogP contribution in [0, 0.1) is 6.92 Å². The topological polar surface area (TPSA) is 55.4 Å². The fourth-order valence-corrected chi connectivity index (χ4v) is 2.63. The number of rotatable bonds is 4. The first kappa shape index (κ1) is 17.6. The predicted octanol–water partition coefficient (Wildman–Crippen LogP) is 4.75. The third-order valence-electron chi connectivity index (χ3n) is 2.96. The molecule has 4 nitrogen and oxygen atoms in total. The molecule has 0 saturated heterocycles. The van der Waals surface area contributed by atoms with Crippen LogP contribution >= 0.6 is 34.8 Å². The van der Waals surface area contributed by atoms with E-state index in [1.54, 1.807) is 31.2 Å². The maximum Gasteiger partial charge on any atom is 0.341 e. The fourth-order valence-electron chi connectivity index (χ4n) is 1.85. The molecule has 120 valence electrons. The second kappa shape index (κ2) is 7.68. The highest BCUT2D eigenvalue weighted by Gasteiger charge is 2.17. The summed E-state index contributed by atoms with van der Waals surface area (Å²) in [5.74, 6) is -1.24. The Morgan fingerprint density at radius 1 is 1.09 bits per heavy atom. The number of anilines is 1. The first-order chi connectivity index (χ1) is 10.9. The van der Waals surface area contributed by atoms with Crippen molar-refractivity contribution >= 4 is 52.4 Å². The summed E-state index contributed by atoms with van der Waals surface area (Å²) in [5.41, 5.74) is 1.42. The largest absolute Gasteiger partial charge is 0.452 e. The number of benzene rings is 2. The van der Waals surface area contributed by atoms with Crippen molar-refractivity contribution in [2.45, 2.75) is 6.92 Å². The van der Waals surface area contributed by atoms with Gasteiger partial charge < -0.3 is 10.1 Å². The van der Waals surface area contributed by atoms with Gasteiger partial charge in [0.15, 0.2) is 6.61 Å². The molecule has 2 rings (SSSR count). The van der Waals surface area contributed by atoms with Crippen LogP contribution in [-0.4, -0.2) is 18.5 Å². The maximum absolute atomic E-state index is 12.0. The Hall–Kier alpha value is -1.75. The molecule has 0 fully saturated rings. The van der Waals surface area contributed by atoms with Gasteiger partial charge in [-0.05, 0) is 42.8 Å². The molecule has 0 aliphatic heterocycles. The molecule has 7 heteroatoms. The second-order valence-electron chi connectivity index (χ2n) is 4.68. The first-order valence-corrected chi connectivity index (χ1v) is 7.69. The maximum atomic E-state index is 12.0. The molecule has 0 bridgehead atoms. The van der Waals surface area contributed by atoms with Gasteiger partial charge in [0.2, 0.25) is 0 Å². The Bertz CT molecular complexity index is 742. The summed E-state index contributed by atoms with van der Waals surface area (Å²) in [5, 5.41) is 3.53. The Labute approximate surface area is 148 Å². The van der Waals surface area contributed by atoms with Crippen LogP contribution in [0.4, 0.5) is 5.69 Å². The lowest BCUT2D eigenvalue weighted by atomic mass is 10.2. The lowest BCUT2D eigenvalue weighted by Gasteiger charge is -2.10. The van der Waals surface area contributed by atoms with E-state index in [4.69, 9.17) is 39.5 Å². The van der Waals surface area contributed by atoms with Gasteiger partial charge in [-0.1, -0.05) is 40.9 Å². The first-order valence-electron chi connectivity index (χ1n) is 6.55. The van der Waals surface area contributed by atoms with E-state index >= 15 is 0 Å². The van der Waals surface area contributed by atoms with Crippen LogP contribution < -0.4 is 5.32 Å². The molecule has 2 aromatic carbocycles. The molecule has 2 aromatic rings. The highest BCUT2D eigenvalue weighted by molar-refractivity contribution is 6.39. The third-order valence-corrected chi connectivity index (χ3v) is 3.83. The molecular weight excluding hydrogens is 361 g/mol. The summed E-state index contributed by atoms with van der Waals surface area (Å²) in [4.78, 5) is 23.8. The van der Waals surface area contributed by atoms with Crippen LogP contribution in [0.1, 0.15) is 15.9 Å². The number of ether oxygens (including phenoxy) is 1. The normalized spacial score (nSPS) is 10.3. The molecule has 0 aliphatic rings. The molecule has 0 aliphatic carbocycles. The van der Waals surface area contributed by atoms with Crippen LogP contribution in [-0.2, 0) is 9.53 Å². The van der Waals surface area contributed by atoms with Gasteiger partial charge in [0.1, 0.15) is 0 Å². The third kappa shape index (κ3) is 4.61. The van der Waals surface area contributed by atoms with E-state index in [-0.39, 0.29) is 15.6 Å². The van der Waals surface area contributed by atoms with Crippen LogP contribution in [0.15, 0.2) is 36.4 Å². The lowest BCUT2D eigenvalue weighted by Crippen LogP contribution is -2.21. The standard InChI is InChI=1S/C16H12Cl3NO3/c1-9-7-10(17)5-6-13(9)20-14(21)8-23-16(22)15-11(18)3-2-4-12(15)19/h2-7H,8H2,1H3,(H,20,21). The van der Waals surface area contributed by atoms with Crippen LogP contribution in [0.3, 0.4) is 0 Å². The molecule has 0 aromatic heterocycles. The Kier molecular flexibility index (Phi) is 5.88. The van der Waals surface area contributed by atoms with Gasteiger partial charge in [-0.3, -0.25) is 4.79 Å². The molecule has 1 amide bonds. The van der Waals surface area contributed by atoms with Gasteiger partial charge in [0.05, 0.1) is 15.6 Å². The second-order valence-corrected chi connectivity index (χ2v) is 5.93. The van der Waals surface area contributed by atoms with E-state index in [0.717, 1.165) is 5.56 Å². The number of hydrogen-bond acceptors (Lipinski definition) is 3. The van der Waals surface area contributed by atoms with Crippen molar-refractivity contribution < 1.29 is 14.3 Å². The molecule has 0 unspecified atom stereocenters. The zero-order valence-corrected chi connectivity index (χ0v) is 14.3. The monoisotopic (exact) mass is 371 g/mol. The van der Waals surface area contributed by atoms with E-state index in [1.165, 1.54) is 12.1 Å². The van der Waals surface area contributed by atoms with Gasteiger partial charge in [0, 0.05) is 10.7 Å². The zero-order chi connectivity index (χ0) is 17.0. The summed E-state index contributed by atoms with van der Waals surface area (Å²) >= 11 is 17.7. The van der Waals surface area contributed by atoms with E-state index in [0.29, 0.717) is 10.7 Å². The van der Waals surface area contributed by atoms with Gasteiger partial charge >= 0.3 is 5.97 Å². The summed E-state index contributed by atoms with van der Waals surface area (Å²) in [6.45, 7) is 1.35. The molecule has 0 saturated carbocycles. The summed E-state index contributed by atoms with van der Waals surface area (Å²) in [7, 11) is 0. The van der Waals surface area contributed by atoms with Crippen molar-refractivity contribution in [1.82, 2.24) is 0 Å². The number of esters is 1. The Morgan fingerprint density at radius 3 is 2.35 bits per heavy atom. The van der Waals surface area contributed by atoms with Gasteiger partial charge in [-0.15, -0.1) is 0 Å². The van der Waals surface area contributed by atoms with Crippen molar-refractivity contribution in [3.63, 3.8) is 0 Å². The minimum absolute atomic E-state index is 0.0336. The molecule has 0 atom stereocenters. The predicted molar refractivity (Wildman–Crippen MR) is 91.6 cm³/mol. The fraction of sp³-hybridized carbons (Fsp3) is 0.125. The quantitative estimate of drug-likeness (QED) is 0.788. The van der Waals surface area contributed by atoms with Crippen molar-refractivity contribution in [3.8, 4) is 0 Å². The highest BCUT2D eigenvalue weighted by atomic mass is 35.5. The van der Waals surface area contributed by atoms with E-state index in [9.17, 15) is 9.59 Å². The minimum Gasteiger partial charge on any atom is -0.452 e. The minimum atomic E-state index is -0.761. The number of halogens is 3. The number of nitrogens with one attached hydrogen (secondary N) is 1. The van der Waals surface area contributed by atoms with Crippen molar-refractivity contribution in [3.05, 3.63) is 62.6 Å². The Morgan fingerprint density at radius 2 is 1.74 bits per heavy atom. The molecule has 0 radical (unpaired) electrons. The van der Waals surface area contributed by atoms with Gasteiger partial charge in [-0.2, -0.15) is 0 Å². The Balaban J connectivity index is 1.98. The summed E-state index contributed by atoms with van der Waals surface area (Å²) < 4.78 is 4.94. The molecule has 0 heterocycles. The summed E-state index contributed by atoms with van der Waals surface area (Å²) in [6.07, 6.45) is 0. The van der Waals surface area contributed by atoms with Crippen LogP contribution in [0.25, 0.3) is 0 Å². The number of carbonyl (C=O) groups is 2. The number of amides is 1. The van der Waals surface area contributed by atoms with Crippen LogP contribution in [0.5, 0.6) is 0 Å². The van der Waals surface area contributed by atoms with Crippen molar-refractivity contribution in [1.29, 1.82) is 0 Å². The molecule has 1 N–H and O–H groups in total. The van der Waals surface area contributed by atoms with Crippen molar-refractivity contribution in [2.75, 3.05) is 11.9 Å². The van der Waals surface area contributed by atoms with Crippen LogP contribution in [0.2, 0.25) is 15.1 Å². The smallest absolute Gasteiger partial charge is 0.341 e. The van der Waals surface area contributed by atoms with E-state index in [2.05, 4.69) is 5.32 Å². The number of hydrogen-bond donors (Lipinski definition) is 1. The number of aryl methyl sites for hydroxylation is 1. The average Bonchev–Trinajstić information content (AvgIpc) is 2.48. The molecular formula is C16H12Cl3NO3. The number of carbonyl (C=O) groups excluding carboxylic acids is 2. The lowest BCUT2D eigenvalue weighted by molar-refractivity contribution is -0.119. The SMILES string of the molecule is Cc1cc(Cl)ccc1NC(=O)COC(=O)c1c(Cl)cccc1Cl. The van der Waals surface area contributed by atoms with E-state index in [1.807, 2.05) is 0 Å². The van der Waals surface area contributed by atoms with Gasteiger partial charge in [-0.25, -0.2) is 4.79 Å².